The summed E-state index contributed by atoms with van der Waals surface area (Å²) in [6, 6.07) is 51.6. The van der Waals surface area contributed by atoms with Crippen molar-refractivity contribution in [3.8, 4) is 33.9 Å². The third-order valence-electron chi connectivity index (χ3n) is 8.60. The number of para-hydroxylation sites is 2. The number of hydrogen-bond acceptors (Lipinski definition) is 2. The highest BCUT2D eigenvalue weighted by Gasteiger charge is 2.21. The molecule has 0 fully saturated rings. The van der Waals surface area contributed by atoms with Gasteiger partial charge in [0.2, 0.25) is 0 Å². The molecule has 0 saturated heterocycles. The fourth-order valence-corrected chi connectivity index (χ4v) is 6.73. The molecule has 0 amide bonds. The highest BCUT2D eigenvalue weighted by molar-refractivity contribution is 6.26. The third kappa shape index (κ3) is 3.71. The lowest BCUT2D eigenvalue weighted by Crippen LogP contribution is -1.96. The van der Waals surface area contributed by atoms with Crippen LogP contribution in [-0.2, 0) is 0 Å². The van der Waals surface area contributed by atoms with E-state index in [9.17, 15) is 0 Å². The van der Waals surface area contributed by atoms with Crippen LogP contribution >= 0.6 is 0 Å². The Morgan fingerprint density at radius 2 is 0.955 bits per heavy atom. The molecule has 0 aliphatic carbocycles. The number of rotatable bonds is 4. The third-order valence-corrected chi connectivity index (χ3v) is 8.60. The Kier molecular flexibility index (Phi) is 5.47. The molecular weight excluding hydrogens is 536 g/mol. The molecule has 5 aromatic carbocycles. The molecule has 0 bridgehead atoms. The van der Waals surface area contributed by atoms with Gasteiger partial charge in [0.25, 0.3) is 0 Å². The highest BCUT2D eigenvalue weighted by Crippen LogP contribution is 2.42. The summed E-state index contributed by atoms with van der Waals surface area (Å²) in [7, 11) is 0. The number of benzene rings is 5. The van der Waals surface area contributed by atoms with E-state index in [-0.39, 0.29) is 0 Å². The summed E-state index contributed by atoms with van der Waals surface area (Å²) < 4.78 is 4.82. The molecule has 0 saturated carbocycles. The zero-order valence-electron chi connectivity index (χ0n) is 23.8. The summed E-state index contributed by atoms with van der Waals surface area (Å²) >= 11 is 0. The van der Waals surface area contributed by atoms with Gasteiger partial charge in [0, 0.05) is 56.4 Å². The first-order chi connectivity index (χ1) is 21.8. The van der Waals surface area contributed by atoms with Crippen molar-refractivity contribution in [2.24, 2.45) is 0 Å². The van der Waals surface area contributed by atoms with Crippen LogP contribution in [0.2, 0.25) is 0 Å². The van der Waals surface area contributed by atoms with Crippen LogP contribution in [0, 0.1) is 0 Å². The van der Waals surface area contributed by atoms with Crippen LogP contribution in [0.3, 0.4) is 0 Å². The van der Waals surface area contributed by atoms with Crippen molar-refractivity contribution in [2.45, 2.75) is 0 Å². The molecule has 0 atom stereocenters. The van der Waals surface area contributed by atoms with Gasteiger partial charge in [-0.15, -0.1) is 0 Å². The summed E-state index contributed by atoms with van der Waals surface area (Å²) in [5.41, 5.74) is 11.1. The van der Waals surface area contributed by atoms with Crippen molar-refractivity contribution in [1.82, 2.24) is 19.1 Å². The maximum absolute atomic E-state index is 4.64. The predicted octanol–water partition coefficient (Wildman–Crippen LogP) is 10.0. The van der Waals surface area contributed by atoms with E-state index in [1.807, 2.05) is 36.7 Å². The van der Waals surface area contributed by atoms with Crippen molar-refractivity contribution in [2.75, 3.05) is 0 Å². The van der Waals surface area contributed by atoms with E-state index >= 15 is 0 Å². The van der Waals surface area contributed by atoms with Crippen LogP contribution in [0.25, 0.3) is 77.5 Å². The van der Waals surface area contributed by atoms with Crippen molar-refractivity contribution in [3.05, 3.63) is 158 Å². The molecule has 4 heteroatoms. The topological polar surface area (TPSA) is 35.6 Å². The monoisotopic (exact) mass is 562 g/mol. The van der Waals surface area contributed by atoms with Crippen LogP contribution in [0.4, 0.5) is 0 Å². The first-order valence-electron chi connectivity index (χ1n) is 14.8. The van der Waals surface area contributed by atoms with Gasteiger partial charge in [-0.3, -0.25) is 9.97 Å². The minimum absolute atomic E-state index is 0.963. The second kappa shape index (κ2) is 9.79. The number of pyridine rings is 2. The molecule has 4 aromatic heterocycles. The molecule has 0 unspecified atom stereocenters. The lowest BCUT2D eigenvalue weighted by atomic mass is 10.1. The lowest BCUT2D eigenvalue weighted by molar-refractivity contribution is 1.17. The van der Waals surface area contributed by atoms with Gasteiger partial charge in [-0.05, 0) is 66.7 Å². The van der Waals surface area contributed by atoms with Crippen molar-refractivity contribution >= 4 is 43.6 Å². The quantitative estimate of drug-likeness (QED) is 0.214. The molecule has 206 valence electrons. The summed E-state index contributed by atoms with van der Waals surface area (Å²) in [5.74, 6) is 0. The van der Waals surface area contributed by atoms with E-state index in [0.717, 1.165) is 33.9 Å². The number of nitrogens with zero attached hydrogens (tertiary/aromatic N) is 4. The molecule has 0 aliphatic heterocycles. The number of hydrogen-bond donors (Lipinski definition) is 0. The van der Waals surface area contributed by atoms with Gasteiger partial charge in [0.05, 0.1) is 33.5 Å². The zero-order valence-corrected chi connectivity index (χ0v) is 23.8. The lowest BCUT2D eigenvalue weighted by Gasteiger charge is -2.12. The molecule has 9 aromatic rings. The Labute approximate surface area is 254 Å². The first kappa shape index (κ1) is 24.6. The van der Waals surface area contributed by atoms with Crippen molar-refractivity contribution in [1.29, 1.82) is 0 Å². The standard InChI is InChI=1S/C40H26N4/c1-3-19-36-31(15-1)32-21-22-38-39(40(32)44(36)30-14-10-12-28(26-30)35-18-6-8-24-42-35)33-16-2-4-20-37(33)43(38)29-13-9-11-27(25-29)34-17-5-7-23-41-34/h1-26H. The van der Waals surface area contributed by atoms with Gasteiger partial charge >= 0.3 is 0 Å². The fraction of sp³-hybridized carbons (Fsp3) is 0. The molecule has 9 rings (SSSR count). The Morgan fingerprint density at radius 1 is 0.386 bits per heavy atom. The Balaban J connectivity index is 1.39. The maximum atomic E-state index is 4.64. The predicted molar refractivity (Wildman–Crippen MR) is 182 cm³/mol. The molecule has 44 heavy (non-hydrogen) atoms. The first-order valence-corrected chi connectivity index (χ1v) is 14.8. The molecule has 0 aliphatic rings. The van der Waals surface area contributed by atoms with E-state index < -0.39 is 0 Å². The van der Waals surface area contributed by atoms with Crippen LogP contribution in [-0.4, -0.2) is 19.1 Å². The Hall–Kier alpha value is -6.00. The van der Waals surface area contributed by atoms with Gasteiger partial charge in [0.15, 0.2) is 0 Å². The Bertz CT molecular complexity index is 2490. The molecule has 0 N–H and O–H groups in total. The molecule has 4 heterocycles. The minimum atomic E-state index is 0.963. The van der Waals surface area contributed by atoms with Crippen LogP contribution < -0.4 is 0 Å². The van der Waals surface area contributed by atoms with E-state index in [0.29, 0.717) is 0 Å². The minimum Gasteiger partial charge on any atom is -0.309 e. The largest absolute Gasteiger partial charge is 0.309 e. The SMILES string of the molecule is c1ccc(-c2cccc(-n3c4ccccc4c4c3ccc3c5ccccc5n(-c5cccc(-c6ccccn6)c5)c34)c2)nc1. The van der Waals surface area contributed by atoms with Gasteiger partial charge in [-0.1, -0.05) is 78.9 Å². The second-order valence-electron chi connectivity index (χ2n) is 11.1. The van der Waals surface area contributed by atoms with Crippen molar-refractivity contribution < 1.29 is 0 Å². The molecular formula is C40H26N4. The van der Waals surface area contributed by atoms with Gasteiger partial charge in [0.1, 0.15) is 0 Å². The summed E-state index contributed by atoms with van der Waals surface area (Å²) in [6.45, 7) is 0. The second-order valence-corrected chi connectivity index (χ2v) is 11.1. The van der Waals surface area contributed by atoms with Crippen LogP contribution in [0.1, 0.15) is 0 Å². The smallest absolute Gasteiger partial charge is 0.0702 e. The number of fused-ring (bicyclic) bond motifs is 7. The van der Waals surface area contributed by atoms with E-state index in [1.165, 1.54) is 43.6 Å². The van der Waals surface area contributed by atoms with Gasteiger partial charge < -0.3 is 9.13 Å². The van der Waals surface area contributed by atoms with E-state index in [4.69, 9.17) is 0 Å². The van der Waals surface area contributed by atoms with E-state index in [2.05, 4.69) is 140 Å². The molecule has 0 spiro atoms. The maximum Gasteiger partial charge on any atom is 0.0702 e. The summed E-state index contributed by atoms with van der Waals surface area (Å²) in [4.78, 5) is 9.25. The summed E-state index contributed by atoms with van der Waals surface area (Å²) in [5, 5.41) is 4.94. The van der Waals surface area contributed by atoms with Crippen LogP contribution in [0.15, 0.2) is 158 Å². The van der Waals surface area contributed by atoms with E-state index in [1.54, 1.807) is 0 Å². The number of aromatic nitrogens is 4. The zero-order chi connectivity index (χ0) is 29.0. The normalized spacial score (nSPS) is 11.6. The fourth-order valence-electron chi connectivity index (χ4n) is 6.73. The highest BCUT2D eigenvalue weighted by atomic mass is 15.0. The van der Waals surface area contributed by atoms with Crippen LogP contribution in [0.5, 0.6) is 0 Å². The molecule has 4 nitrogen and oxygen atoms in total. The van der Waals surface area contributed by atoms with Gasteiger partial charge in [-0.25, -0.2) is 0 Å². The average Bonchev–Trinajstić information content (AvgIpc) is 3.62. The summed E-state index contributed by atoms with van der Waals surface area (Å²) in [6.07, 6.45) is 3.70. The Morgan fingerprint density at radius 3 is 1.59 bits per heavy atom. The van der Waals surface area contributed by atoms with Crippen molar-refractivity contribution in [3.63, 3.8) is 0 Å². The van der Waals surface area contributed by atoms with Gasteiger partial charge in [-0.2, -0.15) is 0 Å². The molecule has 0 radical (unpaired) electrons. The average molecular weight is 563 g/mol.